The molecule has 152 valence electrons. The molecule has 2 aromatic rings. The average Bonchev–Trinajstić information content (AvgIpc) is 2.69. The Kier molecular flexibility index (Phi) is 8.11. The standard InChI is InChI=1S/C19H19ClN4O5/c1-2-29-19(26)22-16(10-13-6-4-3-5-7-13)18(25)23-21-12-14-8-9-15(20)17(11-14)24(27)28/h3-9,11-12,16H,2,10H2,1H3,(H,22,26)(H,23,25)/b21-12-/t16-/m1/s1. The third kappa shape index (κ3) is 6.89. The third-order valence-electron chi connectivity index (χ3n) is 3.72. The first kappa shape index (κ1) is 21.8. The Morgan fingerprint density at radius 1 is 1.28 bits per heavy atom. The lowest BCUT2D eigenvalue weighted by atomic mass is 10.1. The summed E-state index contributed by atoms with van der Waals surface area (Å²) in [5.41, 5.74) is 3.26. The van der Waals surface area contributed by atoms with Gasteiger partial charge in [-0.2, -0.15) is 5.10 Å². The molecule has 0 fully saturated rings. The number of carbonyl (C=O) groups is 2. The molecule has 0 bridgehead atoms. The molecule has 0 unspecified atom stereocenters. The van der Waals surface area contributed by atoms with E-state index in [1.54, 1.807) is 6.92 Å². The maximum absolute atomic E-state index is 12.5. The zero-order valence-corrected chi connectivity index (χ0v) is 16.3. The summed E-state index contributed by atoms with van der Waals surface area (Å²) in [5, 5.41) is 17.2. The molecule has 0 aromatic heterocycles. The van der Waals surface area contributed by atoms with Crippen LogP contribution in [0, 0.1) is 10.1 Å². The highest BCUT2D eigenvalue weighted by molar-refractivity contribution is 6.32. The van der Waals surface area contributed by atoms with Crippen molar-refractivity contribution in [2.24, 2.45) is 5.10 Å². The fraction of sp³-hybridized carbons (Fsp3) is 0.211. The van der Waals surface area contributed by atoms with Crippen molar-refractivity contribution < 1.29 is 19.2 Å². The van der Waals surface area contributed by atoms with Crippen molar-refractivity contribution in [2.75, 3.05) is 6.61 Å². The lowest BCUT2D eigenvalue weighted by Crippen LogP contribution is -2.47. The van der Waals surface area contributed by atoms with E-state index < -0.39 is 23.0 Å². The molecule has 2 N–H and O–H groups in total. The Labute approximate surface area is 171 Å². The number of hydrazone groups is 1. The number of amides is 2. The van der Waals surface area contributed by atoms with E-state index in [2.05, 4.69) is 15.8 Å². The minimum absolute atomic E-state index is 0.00209. The van der Waals surface area contributed by atoms with Crippen LogP contribution in [0.15, 0.2) is 53.6 Å². The summed E-state index contributed by atoms with van der Waals surface area (Å²) in [6.07, 6.45) is 0.749. The number of alkyl carbamates (subject to hydrolysis) is 1. The molecule has 0 saturated heterocycles. The van der Waals surface area contributed by atoms with E-state index in [0.717, 1.165) is 5.56 Å². The smallest absolute Gasteiger partial charge is 0.407 e. The first-order chi connectivity index (χ1) is 13.9. The van der Waals surface area contributed by atoms with Crippen LogP contribution in [0.3, 0.4) is 0 Å². The second-order valence-electron chi connectivity index (χ2n) is 5.81. The Morgan fingerprint density at radius 3 is 2.66 bits per heavy atom. The summed E-state index contributed by atoms with van der Waals surface area (Å²) in [7, 11) is 0. The highest BCUT2D eigenvalue weighted by atomic mass is 35.5. The number of nitro groups is 1. The van der Waals surface area contributed by atoms with Crippen molar-refractivity contribution in [3.8, 4) is 0 Å². The molecule has 0 aliphatic carbocycles. The Bertz CT molecular complexity index is 905. The van der Waals surface area contributed by atoms with E-state index in [-0.39, 0.29) is 23.7 Å². The van der Waals surface area contributed by atoms with Crippen LogP contribution < -0.4 is 10.7 Å². The van der Waals surface area contributed by atoms with Crippen LogP contribution in [0.2, 0.25) is 5.02 Å². The van der Waals surface area contributed by atoms with Gasteiger partial charge in [0, 0.05) is 18.1 Å². The summed E-state index contributed by atoms with van der Waals surface area (Å²) in [6, 6.07) is 12.3. The van der Waals surface area contributed by atoms with Crippen LogP contribution in [0.1, 0.15) is 18.1 Å². The molecule has 2 aromatic carbocycles. The van der Waals surface area contributed by atoms with Gasteiger partial charge in [0.15, 0.2) is 0 Å². The number of hydrogen-bond donors (Lipinski definition) is 2. The molecule has 0 spiro atoms. The van der Waals surface area contributed by atoms with E-state index in [1.165, 1.54) is 24.4 Å². The second kappa shape index (κ2) is 10.8. The van der Waals surface area contributed by atoms with Gasteiger partial charge >= 0.3 is 6.09 Å². The normalized spacial score (nSPS) is 11.7. The number of halogens is 1. The lowest BCUT2D eigenvalue weighted by molar-refractivity contribution is -0.384. The number of nitrogens with one attached hydrogen (secondary N) is 2. The predicted octanol–water partition coefficient (Wildman–Crippen LogP) is 3.06. The number of ether oxygens (including phenoxy) is 1. The Balaban J connectivity index is 2.08. The van der Waals surface area contributed by atoms with E-state index >= 15 is 0 Å². The van der Waals surface area contributed by atoms with Crippen LogP contribution in [0.25, 0.3) is 0 Å². The van der Waals surface area contributed by atoms with Gasteiger partial charge in [0.2, 0.25) is 0 Å². The number of hydrogen-bond acceptors (Lipinski definition) is 6. The minimum Gasteiger partial charge on any atom is -0.450 e. The largest absolute Gasteiger partial charge is 0.450 e. The van der Waals surface area contributed by atoms with Gasteiger partial charge in [-0.05, 0) is 18.6 Å². The molecule has 0 aliphatic heterocycles. The molecule has 0 aliphatic rings. The van der Waals surface area contributed by atoms with E-state index in [1.807, 2.05) is 30.3 Å². The molecule has 9 nitrogen and oxygen atoms in total. The van der Waals surface area contributed by atoms with Gasteiger partial charge in [-0.15, -0.1) is 0 Å². The van der Waals surface area contributed by atoms with Crippen molar-refractivity contribution in [3.05, 3.63) is 74.8 Å². The first-order valence-corrected chi connectivity index (χ1v) is 9.02. The van der Waals surface area contributed by atoms with Crippen molar-refractivity contribution in [1.29, 1.82) is 0 Å². The quantitative estimate of drug-likeness (QED) is 0.387. The maximum atomic E-state index is 12.5. The van der Waals surface area contributed by atoms with Gasteiger partial charge < -0.3 is 10.1 Å². The van der Waals surface area contributed by atoms with Crippen LogP contribution in [0.5, 0.6) is 0 Å². The van der Waals surface area contributed by atoms with E-state index in [4.69, 9.17) is 16.3 Å². The van der Waals surface area contributed by atoms with Crippen molar-refractivity contribution in [1.82, 2.24) is 10.7 Å². The number of rotatable bonds is 8. The average molecular weight is 419 g/mol. The van der Waals surface area contributed by atoms with Crippen LogP contribution in [-0.4, -0.2) is 35.8 Å². The third-order valence-corrected chi connectivity index (χ3v) is 4.04. The molecular weight excluding hydrogens is 400 g/mol. The molecule has 2 amide bonds. The predicted molar refractivity (Wildman–Crippen MR) is 108 cm³/mol. The zero-order valence-electron chi connectivity index (χ0n) is 15.5. The molecule has 10 heteroatoms. The topological polar surface area (TPSA) is 123 Å². The van der Waals surface area contributed by atoms with Gasteiger partial charge in [0.05, 0.1) is 17.7 Å². The Hall–Kier alpha value is -3.46. The highest BCUT2D eigenvalue weighted by Crippen LogP contribution is 2.24. The second-order valence-corrected chi connectivity index (χ2v) is 6.22. The van der Waals surface area contributed by atoms with Gasteiger partial charge in [-0.3, -0.25) is 14.9 Å². The first-order valence-electron chi connectivity index (χ1n) is 8.64. The van der Waals surface area contributed by atoms with Crippen molar-refractivity contribution >= 4 is 35.5 Å². The van der Waals surface area contributed by atoms with Crippen molar-refractivity contribution in [2.45, 2.75) is 19.4 Å². The van der Waals surface area contributed by atoms with Crippen LogP contribution in [0.4, 0.5) is 10.5 Å². The van der Waals surface area contributed by atoms with E-state index in [9.17, 15) is 19.7 Å². The summed E-state index contributed by atoms with van der Waals surface area (Å²) in [6.45, 7) is 1.82. The Morgan fingerprint density at radius 2 is 2.00 bits per heavy atom. The molecule has 0 radical (unpaired) electrons. The fourth-order valence-electron chi connectivity index (χ4n) is 2.37. The van der Waals surface area contributed by atoms with Crippen molar-refractivity contribution in [3.63, 3.8) is 0 Å². The number of nitro benzene ring substituents is 1. The van der Waals surface area contributed by atoms with Crippen LogP contribution >= 0.6 is 11.6 Å². The van der Waals surface area contributed by atoms with Gasteiger partial charge in [0.25, 0.3) is 11.6 Å². The molecule has 0 saturated carbocycles. The summed E-state index contributed by atoms with van der Waals surface area (Å²) < 4.78 is 4.84. The van der Waals surface area contributed by atoms with Gasteiger partial charge in [-0.25, -0.2) is 10.2 Å². The molecular formula is C19H19ClN4O5. The number of nitrogens with zero attached hydrogens (tertiary/aromatic N) is 2. The molecule has 1 atom stereocenters. The molecule has 0 heterocycles. The van der Waals surface area contributed by atoms with Gasteiger partial charge in [0.1, 0.15) is 11.1 Å². The number of benzene rings is 2. The zero-order chi connectivity index (χ0) is 21.2. The lowest BCUT2D eigenvalue weighted by Gasteiger charge is -2.16. The summed E-state index contributed by atoms with van der Waals surface area (Å²) >= 11 is 5.76. The van der Waals surface area contributed by atoms with Gasteiger partial charge in [-0.1, -0.05) is 48.0 Å². The maximum Gasteiger partial charge on any atom is 0.407 e. The monoisotopic (exact) mass is 418 g/mol. The minimum atomic E-state index is -0.923. The number of carbonyl (C=O) groups excluding carboxylic acids is 2. The highest BCUT2D eigenvalue weighted by Gasteiger charge is 2.21. The molecule has 29 heavy (non-hydrogen) atoms. The summed E-state index contributed by atoms with van der Waals surface area (Å²) in [4.78, 5) is 34.5. The molecule has 2 rings (SSSR count). The van der Waals surface area contributed by atoms with E-state index in [0.29, 0.717) is 5.56 Å². The SMILES string of the molecule is CCOC(=O)N[C@H](Cc1ccccc1)C(=O)N/N=C\c1ccc(Cl)c([N+](=O)[O-])c1. The summed E-state index contributed by atoms with van der Waals surface area (Å²) in [5.74, 6) is -0.568. The van der Waals surface area contributed by atoms with Crippen LogP contribution in [-0.2, 0) is 16.0 Å². The fourth-order valence-corrected chi connectivity index (χ4v) is 2.56.